The fourth-order valence-corrected chi connectivity index (χ4v) is 2.01. The molecule has 0 aliphatic rings. The highest BCUT2D eigenvalue weighted by Gasteiger charge is 2.31. The lowest BCUT2D eigenvalue weighted by Gasteiger charge is -2.10. The zero-order chi connectivity index (χ0) is 17.2. The molecule has 0 spiro atoms. The largest absolute Gasteiger partial charge is 0.405 e. The molecule has 0 unspecified atom stereocenters. The third-order valence-electron chi connectivity index (χ3n) is 2.89. The average Bonchev–Trinajstić information content (AvgIpc) is 2.90. The van der Waals surface area contributed by atoms with Crippen molar-refractivity contribution in [3.8, 4) is 11.3 Å². The number of halogens is 4. The third-order valence-corrected chi connectivity index (χ3v) is 3.14. The molecule has 124 valence electrons. The smallest absolute Gasteiger partial charge is 0.385 e. The summed E-state index contributed by atoms with van der Waals surface area (Å²) in [5, 5.41) is 15.5. The lowest BCUT2D eigenvalue weighted by molar-refractivity contribution is -0.123. The Morgan fingerprint density at radius 2 is 2.00 bits per heavy atom. The Morgan fingerprint density at radius 3 is 2.52 bits per heavy atom. The van der Waals surface area contributed by atoms with E-state index in [1.807, 2.05) is 0 Å². The molecule has 0 aliphatic heterocycles. The van der Waals surface area contributed by atoms with Crippen molar-refractivity contribution >= 4 is 17.5 Å². The van der Waals surface area contributed by atoms with Gasteiger partial charge in [-0.2, -0.15) is 13.2 Å². The van der Waals surface area contributed by atoms with Crippen LogP contribution in [0.4, 0.5) is 13.2 Å². The van der Waals surface area contributed by atoms with Crippen LogP contribution in [0.2, 0.25) is 5.02 Å². The molecule has 5 nitrogen and oxygen atoms in total. The second-order valence-corrected chi connectivity index (χ2v) is 5.19. The van der Waals surface area contributed by atoms with Crippen LogP contribution in [0.25, 0.3) is 11.3 Å². The predicted molar refractivity (Wildman–Crippen MR) is 76.0 cm³/mol. The van der Waals surface area contributed by atoms with Gasteiger partial charge in [0.1, 0.15) is 23.9 Å². The molecule has 2 rings (SSSR count). The molecule has 23 heavy (non-hydrogen) atoms. The van der Waals surface area contributed by atoms with Crippen molar-refractivity contribution in [1.82, 2.24) is 10.5 Å². The molecule has 9 heteroatoms. The summed E-state index contributed by atoms with van der Waals surface area (Å²) < 4.78 is 41.7. The second-order valence-electron chi connectivity index (χ2n) is 4.75. The topological polar surface area (TPSA) is 75.4 Å². The standard InChI is InChI=1S/C14H12ClF3N2O3/c1-7(21)12-10(13(22)19-6-14(16,17)18)11(20-23-12)8-2-4-9(15)5-3-8/h2-5,7,21H,6H2,1H3,(H,19,22)/t7-/m0/s1. The maximum absolute atomic E-state index is 12.3. The first-order valence-electron chi connectivity index (χ1n) is 6.47. The van der Waals surface area contributed by atoms with Crippen molar-refractivity contribution in [2.75, 3.05) is 6.54 Å². The van der Waals surface area contributed by atoms with Crippen LogP contribution in [0.5, 0.6) is 0 Å². The zero-order valence-electron chi connectivity index (χ0n) is 11.8. The third kappa shape index (κ3) is 4.23. The van der Waals surface area contributed by atoms with Gasteiger partial charge in [0.25, 0.3) is 5.91 Å². The normalized spacial score (nSPS) is 13.0. The van der Waals surface area contributed by atoms with Gasteiger partial charge in [0.2, 0.25) is 0 Å². The van der Waals surface area contributed by atoms with Crippen LogP contribution < -0.4 is 5.32 Å². The van der Waals surface area contributed by atoms with E-state index >= 15 is 0 Å². The minimum atomic E-state index is -4.56. The summed E-state index contributed by atoms with van der Waals surface area (Å²) in [4.78, 5) is 12.1. The number of benzene rings is 1. The number of hydrogen-bond donors (Lipinski definition) is 2. The SMILES string of the molecule is C[C@H](O)c1onc(-c2ccc(Cl)cc2)c1C(=O)NCC(F)(F)F. The van der Waals surface area contributed by atoms with Crippen molar-refractivity contribution in [2.24, 2.45) is 0 Å². The van der Waals surface area contributed by atoms with Crippen LogP contribution in [0, 0.1) is 0 Å². The van der Waals surface area contributed by atoms with E-state index in [9.17, 15) is 23.1 Å². The van der Waals surface area contributed by atoms with Crippen LogP contribution in [0.1, 0.15) is 29.1 Å². The fourth-order valence-electron chi connectivity index (χ4n) is 1.88. The van der Waals surface area contributed by atoms with Gasteiger partial charge in [-0.3, -0.25) is 4.79 Å². The fraction of sp³-hybridized carbons (Fsp3) is 0.286. The van der Waals surface area contributed by atoms with Crippen LogP contribution in [-0.2, 0) is 0 Å². The van der Waals surface area contributed by atoms with Crippen molar-refractivity contribution in [3.63, 3.8) is 0 Å². The van der Waals surface area contributed by atoms with Crippen LogP contribution in [-0.4, -0.2) is 28.9 Å². The summed E-state index contributed by atoms with van der Waals surface area (Å²) >= 11 is 5.77. The molecule has 1 aromatic carbocycles. The molecule has 1 aromatic heterocycles. The van der Waals surface area contributed by atoms with Gasteiger partial charge in [-0.25, -0.2) is 0 Å². The number of nitrogens with zero attached hydrogens (tertiary/aromatic N) is 1. The maximum Gasteiger partial charge on any atom is 0.405 e. The average molecular weight is 349 g/mol. The molecule has 0 saturated heterocycles. The van der Waals surface area contributed by atoms with Gasteiger partial charge in [-0.1, -0.05) is 28.9 Å². The number of hydrogen-bond acceptors (Lipinski definition) is 4. The highest BCUT2D eigenvalue weighted by atomic mass is 35.5. The summed E-state index contributed by atoms with van der Waals surface area (Å²) in [5.41, 5.74) is 0.200. The van der Waals surface area contributed by atoms with E-state index in [4.69, 9.17) is 16.1 Å². The summed E-state index contributed by atoms with van der Waals surface area (Å²) in [7, 11) is 0. The van der Waals surface area contributed by atoms with Crippen molar-refractivity contribution in [1.29, 1.82) is 0 Å². The Balaban J connectivity index is 2.41. The molecule has 1 heterocycles. The quantitative estimate of drug-likeness (QED) is 0.888. The number of aliphatic hydroxyl groups is 1. The van der Waals surface area contributed by atoms with Crippen LogP contribution in [0.3, 0.4) is 0 Å². The Kier molecular flexibility index (Phi) is 4.96. The Bertz CT molecular complexity index is 696. The van der Waals surface area contributed by atoms with Gasteiger partial charge in [0.15, 0.2) is 5.76 Å². The van der Waals surface area contributed by atoms with Gasteiger partial charge in [0.05, 0.1) is 0 Å². The molecule has 0 radical (unpaired) electrons. The first kappa shape index (κ1) is 17.3. The van der Waals surface area contributed by atoms with Crippen LogP contribution >= 0.6 is 11.6 Å². The van der Waals surface area contributed by atoms with E-state index in [2.05, 4.69) is 5.16 Å². The Labute approximate surface area is 134 Å². The first-order chi connectivity index (χ1) is 10.7. The van der Waals surface area contributed by atoms with E-state index in [1.54, 1.807) is 5.32 Å². The molecule has 0 saturated carbocycles. The second kappa shape index (κ2) is 6.59. The Hall–Kier alpha value is -2.06. The summed E-state index contributed by atoms with van der Waals surface area (Å²) in [6, 6.07) is 6.13. The van der Waals surface area contributed by atoms with Gasteiger partial charge in [-0.15, -0.1) is 0 Å². The summed E-state index contributed by atoms with van der Waals surface area (Å²) in [5.74, 6) is -1.25. The number of aromatic nitrogens is 1. The van der Waals surface area contributed by atoms with Crippen molar-refractivity contribution < 1.29 is 27.6 Å². The van der Waals surface area contributed by atoms with Crippen molar-refractivity contribution in [3.05, 3.63) is 40.6 Å². The van der Waals surface area contributed by atoms with Gasteiger partial charge in [0, 0.05) is 10.6 Å². The lowest BCUT2D eigenvalue weighted by atomic mass is 10.0. The highest BCUT2D eigenvalue weighted by Crippen LogP contribution is 2.30. The number of carbonyl (C=O) groups excluding carboxylic acids is 1. The molecule has 1 atom stereocenters. The number of carbonyl (C=O) groups is 1. The molecule has 0 bridgehead atoms. The van der Waals surface area contributed by atoms with Gasteiger partial charge < -0.3 is 14.9 Å². The molecule has 2 aromatic rings. The summed E-state index contributed by atoms with van der Waals surface area (Å²) in [6.07, 6.45) is -5.77. The van der Waals surface area contributed by atoms with E-state index < -0.39 is 24.7 Å². The van der Waals surface area contributed by atoms with Crippen LogP contribution in [0.15, 0.2) is 28.8 Å². The monoisotopic (exact) mass is 348 g/mol. The highest BCUT2D eigenvalue weighted by molar-refractivity contribution is 6.30. The molecular weight excluding hydrogens is 337 g/mol. The zero-order valence-corrected chi connectivity index (χ0v) is 12.6. The van der Waals surface area contributed by atoms with Crippen molar-refractivity contribution in [2.45, 2.75) is 19.2 Å². The predicted octanol–water partition coefficient (Wildman–Crippen LogP) is 3.34. The lowest BCUT2D eigenvalue weighted by Crippen LogP contribution is -2.34. The minimum Gasteiger partial charge on any atom is -0.385 e. The maximum atomic E-state index is 12.3. The van der Waals surface area contributed by atoms with Gasteiger partial charge >= 0.3 is 6.18 Å². The number of aliphatic hydroxyl groups excluding tert-OH is 1. The number of alkyl halides is 3. The van der Waals surface area contributed by atoms with E-state index in [0.29, 0.717) is 10.6 Å². The van der Waals surface area contributed by atoms with E-state index in [1.165, 1.54) is 31.2 Å². The minimum absolute atomic E-state index is 0.0252. The summed E-state index contributed by atoms with van der Waals surface area (Å²) in [6.45, 7) is -0.191. The number of nitrogens with one attached hydrogen (secondary N) is 1. The number of amides is 1. The van der Waals surface area contributed by atoms with E-state index in [0.717, 1.165) is 0 Å². The number of rotatable bonds is 4. The van der Waals surface area contributed by atoms with Gasteiger partial charge in [-0.05, 0) is 19.1 Å². The van der Waals surface area contributed by atoms with E-state index in [-0.39, 0.29) is 17.0 Å². The Morgan fingerprint density at radius 1 is 1.39 bits per heavy atom. The molecule has 0 aliphatic carbocycles. The molecule has 1 amide bonds. The molecular formula is C14H12ClF3N2O3. The first-order valence-corrected chi connectivity index (χ1v) is 6.85. The molecule has 2 N–H and O–H groups in total. The molecule has 0 fully saturated rings.